The molecular formula is C11H22N4. The molecule has 0 unspecified atom stereocenters. The van der Waals surface area contributed by atoms with E-state index in [0.29, 0.717) is 0 Å². The van der Waals surface area contributed by atoms with E-state index in [9.17, 15) is 0 Å². The Labute approximate surface area is 92.1 Å². The maximum Gasteiger partial charge on any atom is 0.0535 e. The first-order valence-electron chi connectivity index (χ1n) is 5.69. The molecule has 0 bridgehead atoms. The Kier molecular flexibility index (Phi) is 5.36. The van der Waals surface area contributed by atoms with E-state index in [1.54, 1.807) is 0 Å². The molecule has 0 amide bonds. The van der Waals surface area contributed by atoms with Crippen molar-refractivity contribution in [2.24, 2.45) is 0 Å². The van der Waals surface area contributed by atoms with Gasteiger partial charge in [-0.05, 0) is 20.0 Å². The highest BCUT2D eigenvalue weighted by atomic mass is 15.1. The minimum absolute atomic E-state index is 0.906. The highest BCUT2D eigenvalue weighted by Crippen LogP contribution is 2.00. The van der Waals surface area contributed by atoms with Crippen molar-refractivity contribution in [2.75, 3.05) is 26.2 Å². The Balaban J connectivity index is 2.14. The second-order valence-corrected chi connectivity index (χ2v) is 3.72. The van der Waals surface area contributed by atoms with E-state index in [-0.39, 0.29) is 0 Å². The zero-order chi connectivity index (χ0) is 11.1. The molecular weight excluding hydrogens is 188 g/mol. The van der Waals surface area contributed by atoms with Gasteiger partial charge in [-0.2, -0.15) is 5.10 Å². The van der Waals surface area contributed by atoms with Crippen LogP contribution in [0.2, 0.25) is 0 Å². The second-order valence-electron chi connectivity index (χ2n) is 3.72. The van der Waals surface area contributed by atoms with Crippen LogP contribution in [0.1, 0.15) is 25.1 Å². The van der Waals surface area contributed by atoms with Crippen LogP contribution < -0.4 is 5.32 Å². The van der Waals surface area contributed by atoms with E-state index in [2.05, 4.69) is 41.2 Å². The quantitative estimate of drug-likeness (QED) is 0.664. The van der Waals surface area contributed by atoms with Gasteiger partial charge in [-0.25, -0.2) is 0 Å². The number of likely N-dealkylation sites (N-methyl/N-ethyl adjacent to an activating group) is 1. The van der Waals surface area contributed by atoms with Gasteiger partial charge >= 0.3 is 0 Å². The van der Waals surface area contributed by atoms with Gasteiger partial charge in [0.25, 0.3) is 0 Å². The SMILES string of the molecule is CCN(CC)CCNCc1cn[nH]c1C. The third-order valence-corrected chi connectivity index (χ3v) is 2.75. The molecule has 0 saturated carbocycles. The van der Waals surface area contributed by atoms with Gasteiger partial charge < -0.3 is 10.2 Å². The summed E-state index contributed by atoms with van der Waals surface area (Å²) in [6, 6.07) is 0. The predicted molar refractivity (Wildman–Crippen MR) is 62.8 cm³/mol. The average molecular weight is 210 g/mol. The molecule has 1 aromatic heterocycles. The summed E-state index contributed by atoms with van der Waals surface area (Å²) in [5.74, 6) is 0. The second kappa shape index (κ2) is 6.58. The first-order chi connectivity index (χ1) is 7.27. The Bertz CT molecular complexity index is 265. The number of H-pyrrole nitrogens is 1. The van der Waals surface area contributed by atoms with Gasteiger partial charge in [-0.15, -0.1) is 0 Å². The third kappa shape index (κ3) is 4.01. The van der Waals surface area contributed by atoms with Crippen molar-refractivity contribution in [1.29, 1.82) is 0 Å². The fourth-order valence-electron chi connectivity index (χ4n) is 1.55. The Morgan fingerprint density at radius 3 is 2.67 bits per heavy atom. The lowest BCUT2D eigenvalue weighted by atomic mass is 10.2. The Morgan fingerprint density at radius 1 is 1.40 bits per heavy atom. The van der Waals surface area contributed by atoms with Crippen LogP contribution in [0.3, 0.4) is 0 Å². The number of hydrogen-bond acceptors (Lipinski definition) is 3. The van der Waals surface area contributed by atoms with Crippen molar-refractivity contribution in [3.05, 3.63) is 17.5 Å². The molecule has 1 rings (SSSR count). The zero-order valence-electron chi connectivity index (χ0n) is 10.0. The molecule has 0 radical (unpaired) electrons. The van der Waals surface area contributed by atoms with Crippen LogP contribution in [0, 0.1) is 6.92 Å². The maximum atomic E-state index is 3.99. The summed E-state index contributed by atoms with van der Waals surface area (Å²) >= 11 is 0. The molecule has 0 aromatic carbocycles. The maximum absolute atomic E-state index is 3.99. The normalized spacial score (nSPS) is 11.2. The summed E-state index contributed by atoms with van der Waals surface area (Å²) < 4.78 is 0. The minimum Gasteiger partial charge on any atom is -0.311 e. The number of hydrogen-bond donors (Lipinski definition) is 2. The molecule has 0 saturated heterocycles. The highest BCUT2D eigenvalue weighted by molar-refractivity contribution is 5.13. The van der Waals surface area contributed by atoms with E-state index < -0.39 is 0 Å². The molecule has 15 heavy (non-hydrogen) atoms. The summed E-state index contributed by atoms with van der Waals surface area (Å²) in [5.41, 5.74) is 2.42. The monoisotopic (exact) mass is 210 g/mol. The third-order valence-electron chi connectivity index (χ3n) is 2.75. The molecule has 0 spiro atoms. The van der Waals surface area contributed by atoms with Gasteiger partial charge in [0.05, 0.1) is 6.20 Å². The zero-order valence-corrected chi connectivity index (χ0v) is 10.0. The molecule has 4 nitrogen and oxygen atoms in total. The van der Waals surface area contributed by atoms with E-state index in [0.717, 1.165) is 38.4 Å². The molecule has 1 heterocycles. The van der Waals surface area contributed by atoms with Crippen molar-refractivity contribution >= 4 is 0 Å². The van der Waals surface area contributed by atoms with Crippen molar-refractivity contribution < 1.29 is 0 Å². The smallest absolute Gasteiger partial charge is 0.0535 e. The molecule has 0 aliphatic heterocycles. The minimum atomic E-state index is 0.906. The van der Waals surface area contributed by atoms with E-state index in [4.69, 9.17) is 0 Å². The fraction of sp³-hybridized carbons (Fsp3) is 0.727. The standard InChI is InChI=1S/C11H22N4/c1-4-15(5-2)7-6-12-8-11-9-13-14-10(11)3/h9,12H,4-8H2,1-3H3,(H,13,14). The van der Waals surface area contributed by atoms with Crippen LogP contribution in [0.15, 0.2) is 6.20 Å². The van der Waals surface area contributed by atoms with Crippen molar-refractivity contribution in [3.63, 3.8) is 0 Å². The average Bonchev–Trinajstić information content (AvgIpc) is 2.65. The van der Waals surface area contributed by atoms with Crippen LogP contribution in [0.25, 0.3) is 0 Å². The number of nitrogens with zero attached hydrogens (tertiary/aromatic N) is 2. The molecule has 86 valence electrons. The van der Waals surface area contributed by atoms with Crippen molar-refractivity contribution in [3.8, 4) is 0 Å². The lowest BCUT2D eigenvalue weighted by molar-refractivity contribution is 0.302. The van der Waals surface area contributed by atoms with Gasteiger partial charge in [0.15, 0.2) is 0 Å². The lowest BCUT2D eigenvalue weighted by Gasteiger charge is -2.17. The number of rotatable bonds is 7. The number of aromatic amines is 1. The van der Waals surface area contributed by atoms with Crippen LogP contribution in [-0.2, 0) is 6.54 Å². The summed E-state index contributed by atoms with van der Waals surface area (Å²) in [6.45, 7) is 11.8. The van der Waals surface area contributed by atoms with Crippen LogP contribution in [0.5, 0.6) is 0 Å². The van der Waals surface area contributed by atoms with E-state index in [1.807, 2.05) is 6.20 Å². The summed E-state index contributed by atoms with van der Waals surface area (Å²) in [7, 11) is 0. The van der Waals surface area contributed by atoms with Gasteiger partial charge in [-0.1, -0.05) is 13.8 Å². The molecule has 2 N–H and O–H groups in total. The molecule has 0 aliphatic rings. The Hall–Kier alpha value is -0.870. The topological polar surface area (TPSA) is 44.0 Å². The summed E-state index contributed by atoms with van der Waals surface area (Å²) in [6.07, 6.45) is 1.89. The highest BCUT2D eigenvalue weighted by Gasteiger charge is 2.00. The molecule has 0 aliphatic carbocycles. The largest absolute Gasteiger partial charge is 0.311 e. The van der Waals surface area contributed by atoms with Crippen LogP contribution in [0.4, 0.5) is 0 Å². The van der Waals surface area contributed by atoms with Gasteiger partial charge in [0.2, 0.25) is 0 Å². The first-order valence-corrected chi connectivity index (χ1v) is 5.69. The lowest BCUT2D eigenvalue weighted by Crippen LogP contribution is -2.31. The molecule has 0 fully saturated rings. The van der Waals surface area contributed by atoms with Crippen molar-refractivity contribution in [2.45, 2.75) is 27.3 Å². The van der Waals surface area contributed by atoms with E-state index in [1.165, 1.54) is 5.56 Å². The number of nitrogens with one attached hydrogen (secondary N) is 2. The van der Waals surface area contributed by atoms with Crippen molar-refractivity contribution in [1.82, 2.24) is 20.4 Å². The Morgan fingerprint density at radius 2 is 2.13 bits per heavy atom. The molecule has 4 heteroatoms. The van der Waals surface area contributed by atoms with Crippen LogP contribution in [-0.4, -0.2) is 41.3 Å². The van der Waals surface area contributed by atoms with E-state index >= 15 is 0 Å². The summed E-state index contributed by atoms with van der Waals surface area (Å²) in [5, 5.41) is 10.4. The summed E-state index contributed by atoms with van der Waals surface area (Å²) in [4.78, 5) is 2.41. The van der Waals surface area contributed by atoms with Gasteiger partial charge in [0.1, 0.15) is 0 Å². The predicted octanol–water partition coefficient (Wildman–Crippen LogP) is 1.15. The molecule has 1 aromatic rings. The van der Waals surface area contributed by atoms with Gasteiger partial charge in [-0.3, -0.25) is 5.10 Å². The molecule has 0 atom stereocenters. The number of aromatic nitrogens is 2. The number of aryl methyl sites for hydroxylation is 1. The fourth-order valence-corrected chi connectivity index (χ4v) is 1.55. The first kappa shape index (κ1) is 12.2. The van der Waals surface area contributed by atoms with Crippen LogP contribution >= 0.6 is 0 Å². The van der Waals surface area contributed by atoms with Gasteiger partial charge in [0, 0.05) is 30.9 Å².